The maximum Gasteiger partial charge on any atom is 0.422 e. The number of benzene rings is 2. The topological polar surface area (TPSA) is 114 Å². The highest BCUT2D eigenvalue weighted by Crippen LogP contribution is 2.44. The molecule has 0 aliphatic heterocycles. The SMILES string of the molecule is COC(CNC(=O)OCC1c2ccccc2-c2ccccc21)C(=O)NC(C)(C(=O)O)C(F)(F)F. The molecule has 2 unspecified atom stereocenters. The van der Waals surface area contributed by atoms with E-state index in [1.54, 1.807) is 0 Å². The fourth-order valence-electron chi connectivity index (χ4n) is 3.68. The zero-order chi connectivity index (χ0) is 25.1. The van der Waals surface area contributed by atoms with Crippen LogP contribution in [0.3, 0.4) is 0 Å². The number of aliphatic carboxylic acids is 1. The summed E-state index contributed by atoms with van der Waals surface area (Å²) < 4.78 is 49.5. The van der Waals surface area contributed by atoms with Gasteiger partial charge in [0, 0.05) is 13.0 Å². The van der Waals surface area contributed by atoms with Gasteiger partial charge in [0.15, 0.2) is 6.10 Å². The first kappa shape index (κ1) is 25.0. The molecule has 0 aromatic heterocycles. The van der Waals surface area contributed by atoms with Gasteiger partial charge in [-0.3, -0.25) is 4.79 Å². The lowest BCUT2D eigenvalue weighted by atomic mass is 9.98. The third-order valence-corrected chi connectivity index (χ3v) is 5.72. The molecule has 0 fully saturated rings. The molecule has 1 aliphatic carbocycles. The highest BCUT2D eigenvalue weighted by molar-refractivity contribution is 5.90. The zero-order valence-electron chi connectivity index (χ0n) is 18.3. The number of hydrogen-bond donors (Lipinski definition) is 3. The summed E-state index contributed by atoms with van der Waals surface area (Å²) in [4.78, 5) is 35.5. The highest BCUT2D eigenvalue weighted by Gasteiger charge is 2.58. The van der Waals surface area contributed by atoms with Crippen LogP contribution in [0.25, 0.3) is 11.1 Å². The number of carboxylic acid groups (broad SMARTS) is 1. The first-order chi connectivity index (χ1) is 16.0. The molecular formula is C23H23F3N2O6. The Morgan fingerprint density at radius 2 is 1.56 bits per heavy atom. The molecule has 3 rings (SSSR count). The van der Waals surface area contributed by atoms with Crippen molar-refractivity contribution in [3.8, 4) is 11.1 Å². The maximum atomic E-state index is 13.1. The average molecular weight is 480 g/mol. The van der Waals surface area contributed by atoms with Crippen LogP contribution < -0.4 is 10.6 Å². The molecule has 2 aromatic rings. The van der Waals surface area contributed by atoms with Gasteiger partial charge in [-0.1, -0.05) is 48.5 Å². The molecule has 11 heteroatoms. The van der Waals surface area contributed by atoms with E-state index in [1.807, 2.05) is 48.5 Å². The first-order valence-electron chi connectivity index (χ1n) is 10.2. The number of methoxy groups -OCH3 is 1. The lowest BCUT2D eigenvalue weighted by molar-refractivity contribution is -0.208. The van der Waals surface area contributed by atoms with E-state index < -0.39 is 42.3 Å². The third-order valence-electron chi connectivity index (χ3n) is 5.72. The number of carboxylic acids is 1. The molecule has 2 aromatic carbocycles. The van der Waals surface area contributed by atoms with Crippen molar-refractivity contribution < 1.29 is 42.1 Å². The summed E-state index contributed by atoms with van der Waals surface area (Å²) in [6.07, 6.45) is -7.75. The van der Waals surface area contributed by atoms with E-state index in [4.69, 9.17) is 14.6 Å². The molecule has 0 heterocycles. The minimum atomic E-state index is -5.26. The van der Waals surface area contributed by atoms with Crippen LogP contribution in [0, 0.1) is 0 Å². The van der Waals surface area contributed by atoms with E-state index in [0.29, 0.717) is 6.92 Å². The lowest BCUT2D eigenvalue weighted by Crippen LogP contribution is -2.64. The Hall–Kier alpha value is -3.60. The molecule has 0 saturated heterocycles. The molecule has 34 heavy (non-hydrogen) atoms. The van der Waals surface area contributed by atoms with Gasteiger partial charge in [0.1, 0.15) is 6.61 Å². The Kier molecular flexibility index (Phi) is 7.15. The van der Waals surface area contributed by atoms with E-state index in [-0.39, 0.29) is 12.5 Å². The van der Waals surface area contributed by atoms with Gasteiger partial charge in [0.2, 0.25) is 5.54 Å². The van der Waals surface area contributed by atoms with Gasteiger partial charge in [-0.05, 0) is 29.2 Å². The average Bonchev–Trinajstić information content (AvgIpc) is 3.11. The van der Waals surface area contributed by atoms with Crippen LogP contribution >= 0.6 is 0 Å². The molecule has 0 radical (unpaired) electrons. The Morgan fingerprint density at radius 1 is 1.03 bits per heavy atom. The highest BCUT2D eigenvalue weighted by atomic mass is 19.4. The molecule has 0 bridgehead atoms. The predicted octanol–water partition coefficient (Wildman–Crippen LogP) is 3.06. The van der Waals surface area contributed by atoms with Crippen LogP contribution in [0.2, 0.25) is 0 Å². The normalized spacial score (nSPS) is 15.4. The summed E-state index contributed by atoms with van der Waals surface area (Å²) in [5.74, 6) is -3.85. The number of halogens is 3. The van der Waals surface area contributed by atoms with Crippen molar-refractivity contribution in [1.82, 2.24) is 10.6 Å². The van der Waals surface area contributed by atoms with Crippen LogP contribution in [0.5, 0.6) is 0 Å². The number of ether oxygens (including phenoxy) is 2. The molecule has 3 N–H and O–H groups in total. The van der Waals surface area contributed by atoms with Crippen LogP contribution in [-0.4, -0.2) is 61.2 Å². The Labute approximate surface area is 193 Å². The summed E-state index contributed by atoms with van der Waals surface area (Å²) in [7, 11) is 1.04. The number of fused-ring (bicyclic) bond motifs is 3. The van der Waals surface area contributed by atoms with Crippen LogP contribution in [0.15, 0.2) is 48.5 Å². The summed E-state index contributed by atoms with van der Waals surface area (Å²) in [6, 6.07) is 15.4. The minimum absolute atomic E-state index is 0.00509. The molecule has 2 atom stereocenters. The molecule has 182 valence electrons. The Bertz CT molecular complexity index is 1040. The standard InChI is InChI=1S/C23H23F3N2O6/c1-22(20(30)31,23(24,25)26)28-19(29)18(33-2)11-27-21(32)34-12-17-15-9-5-3-7-13(15)14-8-4-6-10-16(14)17/h3-10,17-18H,11-12H2,1-2H3,(H,27,32)(H,28,29)(H,30,31). The van der Waals surface area contributed by atoms with Gasteiger partial charge in [-0.25, -0.2) is 9.59 Å². The van der Waals surface area contributed by atoms with Gasteiger partial charge < -0.3 is 25.2 Å². The second-order valence-corrected chi connectivity index (χ2v) is 7.85. The van der Waals surface area contributed by atoms with Gasteiger partial charge in [-0.2, -0.15) is 13.2 Å². The van der Waals surface area contributed by atoms with Gasteiger partial charge in [0.05, 0.1) is 6.54 Å². The van der Waals surface area contributed by atoms with Crippen molar-refractivity contribution in [2.45, 2.75) is 30.7 Å². The number of carbonyl (C=O) groups is 3. The summed E-state index contributed by atoms with van der Waals surface area (Å²) in [5, 5.41) is 12.6. The second-order valence-electron chi connectivity index (χ2n) is 7.85. The van der Waals surface area contributed by atoms with E-state index in [1.165, 1.54) is 5.32 Å². The van der Waals surface area contributed by atoms with Gasteiger partial charge in [-0.15, -0.1) is 0 Å². The van der Waals surface area contributed by atoms with E-state index in [0.717, 1.165) is 29.4 Å². The van der Waals surface area contributed by atoms with Crippen molar-refractivity contribution in [1.29, 1.82) is 0 Å². The number of amides is 2. The molecular weight excluding hydrogens is 457 g/mol. The number of nitrogens with one attached hydrogen (secondary N) is 2. The molecule has 1 aliphatic rings. The molecule has 0 saturated carbocycles. The Balaban J connectivity index is 1.59. The lowest BCUT2D eigenvalue weighted by Gasteiger charge is -2.30. The number of hydrogen-bond acceptors (Lipinski definition) is 5. The maximum absolute atomic E-state index is 13.1. The van der Waals surface area contributed by atoms with E-state index >= 15 is 0 Å². The quantitative estimate of drug-likeness (QED) is 0.535. The minimum Gasteiger partial charge on any atom is -0.479 e. The summed E-state index contributed by atoms with van der Waals surface area (Å²) in [6.45, 7) is -0.222. The number of alkyl halides is 3. The first-order valence-corrected chi connectivity index (χ1v) is 10.2. The van der Waals surface area contributed by atoms with Crippen molar-refractivity contribution in [3.63, 3.8) is 0 Å². The van der Waals surface area contributed by atoms with Gasteiger partial charge >= 0.3 is 18.2 Å². The molecule has 8 nitrogen and oxygen atoms in total. The summed E-state index contributed by atoms with van der Waals surface area (Å²) in [5.41, 5.74) is 0.533. The van der Waals surface area contributed by atoms with Crippen molar-refractivity contribution >= 4 is 18.0 Å². The molecule has 0 spiro atoms. The number of alkyl carbamates (subject to hydrolysis) is 1. The molecule has 2 amide bonds. The van der Waals surface area contributed by atoms with E-state index in [9.17, 15) is 27.6 Å². The van der Waals surface area contributed by atoms with Crippen LogP contribution in [0.4, 0.5) is 18.0 Å². The fraction of sp³-hybridized carbons (Fsp3) is 0.348. The second kappa shape index (κ2) is 9.72. The smallest absolute Gasteiger partial charge is 0.422 e. The monoisotopic (exact) mass is 480 g/mol. The third kappa shape index (κ3) is 4.84. The van der Waals surface area contributed by atoms with Gasteiger partial charge in [0.25, 0.3) is 5.91 Å². The van der Waals surface area contributed by atoms with E-state index in [2.05, 4.69) is 5.32 Å². The fourth-order valence-corrected chi connectivity index (χ4v) is 3.68. The number of carbonyl (C=O) groups excluding carboxylic acids is 2. The predicted molar refractivity (Wildman–Crippen MR) is 114 cm³/mol. The zero-order valence-corrected chi connectivity index (χ0v) is 18.3. The summed E-state index contributed by atoms with van der Waals surface area (Å²) >= 11 is 0. The van der Waals surface area contributed by atoms with Crippen molar-refractivity contribution in [2.75, 3.05) is 20.3 Å². The van der Waals surface area contributed by atoms with Crippen LogP contribution in [0.1, 0.15) is 24.0 Å². The van der Waals surface area contributed by atoms with Crippen LogP contribution in [-0.2, 0) is 19.1 Å². The van der Waals surface area contributed by atoms with Crippen molar-refractivity contribution in [2.24, 2.45) is 0 Å². The Morgan fingerprint density at radius 3 is 2.03 bits per heavy atom. The largest absolute Gasteiger partial charge is 0.479 e. The number of rotatable bonds is 8. The van der Waals surface area contributed by atoms with Crippen molar-refractivity contribution in [3.05, 3.63) is 59.7 Å².